The number of amides is 1. The molecular formula is C16H22ClN3O3. The number of halogens is 1. The Morgan fingerprint density at radius 2 is 2.04 bits per heavy atom. The number of nitrogens with zero attached hydrogens (tertiary/aromatic N) is 1. The minimum atomic E-state index is -0.135. The van der Waals surface area contributed by atoms with Gasteiger partial charge in [-0.05, 0) is 25.1 Å². The van der Waals surface area contributed by atoms with E-state index in [2.05, 4.69) is 15.5 Å². The predicted molar refractivity (Wildman–Crippen MR) is 88.7 cm³/mol. The van der Waals surface area contributed by atoms with Gasteiger partial charge < -0.3 is 25.0 Å². The Balaban J connectivity index is 1.49. The first-order valence-electron chi connectivity index (χ1n) is 8.04. The van der Waals surface area contributed by atoms with Gasteiger partial charge in [0, 0.05) is 38.3 Å². The summed E-state index contributed by atoms with van der Waals surface area (Å²) >= 11 is 6.16. The van der Waals surface area contributed by atoms with Gasteiger partial charge in [0.2, 0.25) is 0 Å². The number of carbonyl (C=O) groups excluding carboxylic acids is 1. The summed E-state index contributed by atoms with van der Waals surface area (Å²) in [6.07, 6.45) is 0.935. The smallest absolute Gasteiger partial charge is 0.251 e. The van der Waals surface area contributed by atoms with Crippen molar-refractivity contribution >= 4 is 17.5 Å². The van der Waals surface area contributed by atoms with Gasteiger partial charge in [-0.25, -0.2) is 0 Å². The second-order valence-corrected chi connectivity index (χ2v) is 6.09. The maximum absolute atomic E-state index is 12.2. The average molecular weight is 340 g/mol. The molecule has 0 bridgehead atoms. The van der Waals surface area contributed by atoms with E-state index in [4.69, 9.17) is 21.1 Å². The molecule has 0 atom stereocenters. The zero-order valence-corrected chi connectivity index (χ0v) is 13.8. The Morgan fingerprint density at radius 3 is 2.87 bits per heavy atom. The molecule has 3 rings (SSSR count). The quantitative estimate of drug-likeness (QED) is 0.788. The van der Waals surface area contributed by atoms with Gasteiger partial charge in [-0.2, -0.15) is 0 Å². The van der Waals surface area contributed by atoms with Gasteiger partial charge in [-0.15, -0.1) is 0 Å². The van der Waals surface area contributed by atoms with E-state index in [1.54, 1.807) is 12.1 Å². The van der Waals surface area contributed by atoms with Crippen molar-refractivity contribution in [2.75, 3.05) is 52.5 Å². The summed E-state index contributed by atoms with van der Waals surface area (Å²) in [5, 5.41) is 6.68. The first kappa shape index (κ1) is 16.4. The molecule has 126 valence electrons. The average Bonchev–Trinajstić information content (AvgIpc) is 2.59. The lowest BCUT2D eigenvalue weighted by molar-refractivity contribution is 0.0950. The number of benzene rings is 1. The SMILES string of the molecule is O=C(NCCCN1CCNCC1)c1cc(Cl)c2c(c1)OCCO2. The van der Waals surface area contributed by atoms with E-state index >= 15 is 0 Å². The van der Waals surface area contributed by atoms with Crippen molar-refractivity contribution in [2.45, 2.75) is 6.42 Å². The summed E-state index contributed by atoms with van der Waals surface area (Å²) in [6, 6.07) is 3.31. The highest BCUT2D eigenvalue weighted by atomic mass is 35.5. The van der Waals surface area contributed by atoms with E-state index < -0.39 is 0 Å². The molecule has 2 aliphatic heterocycles. The van der Waals surface area contributed by atoms with Crippen LogP contribution in [0.1, 0.15) is 16.8 Å². The van der Waals surface area contributed by atoms with Crippen molar-refractivity contribution in [2.24, 2.45) is 0 Å². The van der Waals surface area contributed by atoms with Crippen LogP contribution in [0, 0.1) is 0 Å². The van der Waals surface area contributed by atoms with Crippen LogP contribution in [0.2, 0.25) is 5.02 Å². The van der Waals surface area contributed by atoms with Crippen LogP contribution < -0.4 is 20.1 Å². The predicted octanol–water partition coefficient (Wildman–Crippen LogP) is 1.14. The Hall–Kier alpha value is -1.50. The number of fused-ring (bicyclic) bond motifs is 1. The number of nitrogens with one attached hydrogen (secondary N) is 2. The van der Waals surface area contributed by atoms with Gasteiger partial charge in [0.15, 0.2) is 11.5 Å². The van der Waals surface area contributed by atoms with Gasteiger partial charge in [-0.3, -0.25) is 4.79 Å². The number of hydrogen-bond donors (Lipinski definition) is 2. The van der Waals surface area contributed by atoms with Crippen molar-refractivity contribution in [3.63, 3.8) is 0 Å². The second-order valence-electron chi connectivity index (χ2n) is 5.68. The summed E-state index contributed by atoms with van der Waals surface area (Å²) < 4.78 is 11.0. The molecule has 1 amide bonds. The lowest BCUT2D eigenvalue weighted by Crippen LogP contribution is -2.44. The second kappa shape index (κ2) is 7.86. The molecule has 0 unspecified atom stereocenters. The summed E-state index contributed by atoms with van der Waals surface area (Å²) in [4.78, 5) is 14.7. The number of piperazine rings is 1. The Labute approximate surface area is 141 Å². The molecule has 1 aromatic carbocycles. The maximum atomic E-state index is 12.2. The van der Waals surface area contributed by atoms with Gasteiger partial charge >= 0.3 is 0 Å². The molecule has 1 saturated heterocycles. The molecule has 23 heavy (non-hydrogen) atoms. The van der Waals surface area contributed by atoms with E-state index in [1.165, 1.54) is 0 Å². The van der Waals surface area contributed by atoms with E-state index in [1.807, 2.05) is 0 Å². The topological polar surface area (TPSA) is 62.8 Å². The minimum Gasteiger partial charge on any atom is -0.486 e. The van der Waals surface area contributed by atoms with Crippen LogP contribution in [0.4, 0.5) is 0 Å². The van der Waals surface area contributed by atoms with Crippen LogP contribution in [-0.4, -0.2) is 63.3 Å². The van der Waals surface area contributed by atoms with Gasteiger partial charge in [0.05, 0.1) is 5.02 Å². The maximum Gasteiger partial charge on any atom is 0.251 e. The van der Waals surface area contributed by atoms with Crippen LogP contribution in [-0.2, 0) is 0 Å². The first-order chi connectivity index (χ1) is 11.2. The van der Waals surface area contributed by atoms with Gasteiger partial charge in [-0.1, -0.05) is 11.6 Å². The third-order valence-corrected chi connectivity index (χ3v) is 4.29. The van der Waals surface area contributed by atoms with Crippen molar-refractivity contribution in [3.05, 3.63) is 22.7 Å². The lowest BCUT2D eigenvalue weighted by atomic mass is 10.1. The monoisotopic (exact) mass is 339 g/mol. The number of rotatable bonds is 5. The number of ether oxygens (including phenoxy) is 2. The highest BCUT2D eigenvalue weighted by Crippen LogP contribution is 2.38. The first-order valence-corrected chi connectivity index (χ1v) is 8.42. The fraction of sp³-hybridized carbons (Fsp3) is 0.562. The van der Waals surface area contributed by atoms with Gasteiger partial charge in [0.25, 0.3) is 5.91 Å². The normalized spacial score (nSPS) is 17.8. The lowest BCUT2D eigenvalue weighted by Gasteiger charge is -2.27. The van der Waals surface area contributed by atoms with Crippen LogP contribution in [0.5, 0.6) is 11.5 Å². The van der Waals surface area contributed by atoms with Crippen LogP contribution in [0.3, 0.4) is 0 Å². The molecule has 0 aliphatic carbocycles. The van der Waals surface area contributed by atoms with Crippen molar-refractivity contribution in [3.8, 4) is 11.5 Å². The van der Waals surface area contributed by atoms with Crippen molar-refractivity contribution in [1.29, 1.82) is 0 Å². The van der Waals surface area contributed by atoms with Crippen LogP contribution in [0.15, 0.2) is 12.1 Å². The van der Waals surface area contributed by atoms with Crippen molar-refractivity contribution in [1.82, 2.24) is 15.5 Å². The Bertz CT molecular complexity index is 562. The summed E-state index contributed by atoms with van der Waals surface area (Å²) in [5.74, 6) is 0.923. The van der Waals surface area contributed by atoms with E-state index in [-0.39, 0.29) is 5.91 Å². The van der Waals surface area contributed by atoms with E-state index in [0.29, 0.717) is 41.8 Å². The fourth-order valence-electron chi connectivity index (χ4n) is 2.78. The summed E-state index contributed by atoms with van der Waals surface area (Å²) in [6.45, 7) is 6.84. The molecule has 2 heterocycles. The Kier molecular flexibility index (Phi) is 5.59. The number of carbonyl (C=O) groups is 1. The highest BCUT2D eigenvalue weighted by Gasteiger charge is 2.19. The standard InChI is InChI=1S/C16H22ClN3O3/c17-13-10-12(11-14-15(13)23-9-8-22-14)16(21)19-2-1-5-20-6-3-18-4-7-20/h10-11,18H,1-9H2,(H,19,21). The van der Waals surface area contributed by atoms with E-state index in [0.717, 1.165) is 39.1 Å². The fourth-order valence-corrected chi connectivity index (χ4v) is 3.05. The summed E-state index contributed by atoms with van der Waals surface area (Å²) in [7, 11) is 0. The zero-order valence-electron chi connectivity index (χ0n) is 13.1. The Morgan fingerprint density at radius 1 is 1.26 bits per heavy atom. The zero-order chi connectivity index (χ0) is 16.1. The molecular weight excluding hydrogens is 318 g/mol. The van der Waals surface area contributed by atoms with Crippen molar-refractivity contribution < 1.29 is 14.3 Å². The molecule has 0 spiro atoms. The molecule has 1 aromatic rings. The van der Waals surface area contributed by atoms with Crippen LogP contribution >= 0.6 is 11.6 Å². The molecule has 0 saturated carbocycles. The molecule has 1 fully saturated rings. The number of hydrogen-bond acceptors (Lipinski definition) is 5. The third-order valence-electron chi connectivity index (χ3n) is 4.01. The molecule has 7 heteroatoms. The molecule has 0 aromatic heterocycles. The molecule has 2 N–H and O–H groups in total. The summed E-state index contributed by atoms with van der Waals surface area (Å²) in [5.41, 5.74) is 0.501. The third kappa shape index (κ3) is 4.28. The highest BCUT2D eigenvalue weighted by molar-refractivity contribution is 6.32. The molecule has 0 radical (unpaired) electrons. The largest absolute Gasteiger partial charge is 0.486 e. The van der Waals surface area contributed by atoms with Gasteiger partial charge in [0.1, 0.15) is 13.2 Å². The van der Waals surface area contributed by atoms with E-state index in [9.17, 15) is 4.79 Å². The molecule has 6 nitrogen and oxygen atoms in total. The minimum absolute atomic E-state index is 0.135. The van der Waals surface area contributed by atoms with Crippen LogP contribution in [0.25, 0.3) is 0 Å². The molecule has 2 aliphatic rings.